The van der Waals surface area contributed by atoms with Gasteiger partial charge in [0.25, 0.3) is 0 Å². The van der Waals surface area contributed by atoms with Gasteiger partial charge in [-0.25, -0.2) is 9.45 Å². The number of anilines is 1. The highest BCUT2D eigenvalue weighted by Crippen LogP contribution is 2.43. The number of halogens is 1. The van der Waals surface area contributed by atoms with Crippen LogP contribution in [0.1, 0.15) is 15.9 Å². The van der Waals surface area contributed by atoms with Crippen molar-refractivity contribution in [3.63, 3.8) is 0 Å². The van der Waals surface area contributed by atoms with Crippen LogP contribution in [0.25, 0.3) is 0 Å². The molecule has 0 saturated carbocycles. The van der Waals surface area contributed by atoms with Gasteiger partial charge in [0.2, 0.25) is 5.91 Å². The monoisotopic (exact) mass is 304 g/mol. The lowest BCUT2D eigenvalue weighted by Gasteiger charge is -2.19. The van der Waals surface area contributed by atoms with Gasteiger partial charge in [-0.1, -0.05) is 23.9 Å². The summed E-state index contributed by atoms with van der Waals surface area (Å²) in [4.78, 5) is 12.1. The fourth-order valence-electron chi connectivity index (χ4n) is 2.25. The molecule has 0 fully saturated rings. The Kier molecular flexibility index (Phi) is 3.57. The summed E-state index contributed by atoms with van der Waals surface area (Å²) in [7, 11) is 0. The lowest BCUT2D eigenvalue weighted by atomic mass is 10.1. The van der Waals surface area contributed by atoms with E-state index in [1.54, 1.807) is 30.3 Å². The number of hydroxylamine groups is 1. The van der Waals surface area contributed by atoms with Crippen LogP contribution in [0.4, 0.5) is 10.1 Å². The third kappa shape index (κ3) is 2.72. The topological polar surface area (TPSA) is 66.6 Å². The number of nitrogens with two attached hydrogens (primary N) is 1. The van der Waals surface area contributed by atoms with Crippen molar-refractivity contribution < 1.29 is 14.4 Å². The largest absolute Gasteiger partial charge is 0.366 e. The summed E-state index contributed by atoms with van der Waals surface area (Å²) in [6, 6.07) is 11.2. The molecular formula is C15H13FN2O2S. The SMILES string of the molecule is NC(=O)c1ccc2c(c1)N(O)C(Cc1ccc(F)cc1)S2. The number of primary amides is 1. The first-order valence-corrected chi connectivity index (χ1v) is 7.25. The van der Waals surface area contributed by atoms with Gasteiger partial charge in [0, 0.05) is 16.9 Å². The van der Waals surface area contributed by atoms with Crippen LogP contribution >= 0.6 is 11.8 Å². The first-order valence-electron chi connectivity index (χ1n) is 6.37. The molecule has 1 unspecified atom stereocenters. The van der Waals surface area contributed by atoms with E-state index < -0.39 is 5.91 Å². The zero-order chi connectivity index (χ0) is 15.0. The van der Waals surface area contributed by atoms with E-state index >= 15 is 0 Å². The maximum Gasteiger partial charge on any atom is 0.248 e. The Hall–Kier alpha value is -2.05. The number of amides is 1. The molecule has 1 atom stereocenters. The molecule has 0 aromatic heterocycles. The number of fused-ring (bicyclic) bond motifs is 1. The number of rotatable bonds is 3. The number of nitrogens with zero attached hydrogens (tertiary/aromatic N) is 1. The summed E-state index contributed by atoms with van der Waals surface area (Å²) in [6.07, 6.45) is 0.558. The van der Waals surface area contributed by atoms with E-state index in [0.717, 1.165) is 15.5 Å². The molecule has 3 rings (SSSR count). The third-order valence-corrected chi connectivity index (χ3v) is 4.59. The molecule has 0 radical (unpaired) electrons. The van der Waals surface area contributed by atoms with Crippen molar-refractivity contribution in [3.05, 3.63) is 59.4 Å². The van der Waals surface area contributed by atoms with E-state index in [9.17, 15) is 14.4 Å². The molecule has 2 aromatic carbocycles. The fourth-order valence-corrected chi connectivity index (χ4v) is 3.45. The standard InChI is InChI=1S/C15H13FN2O2S/c16-11-4-1-9(2-5-11)7-14-18(20)12-8-10(15(17)19)3-6-13(12)21-14/h1-6,8,14,20H,7H2,(H2,17,19). The minimum Gasteiger partial charge on any atom is -0.366 e. The van der Waals surface area contributed by atoms with Crippen LogP contribution in [0.2, 0.25) is 0 Å². The molecule has 1 heterocycles. The number of hydrogen-bond donors (Lipinski definition) is 2. The summed E-state index contributed by atoms with van der Waals surface area (Å²) < 4.78 is 12.9. The van der Waals surface area contributed by atoms with Crippen LogP contribution in [0.15, 0.2) is 47.4 Å². The first kappa shape index (κ1) is 13.9. The summed E-state index contributed by atoms with van der Waals surface area (Å²) in [5, 5.41) is 11.2. The predicted molar refractivity (Wildman–Crippen MR) is 79.0 cm³/mol. The van der Waals surface area contributed by atoms with Crippen LogP contribution in [-0.2, 0) is 6.42 Å². The number of carbonyl (C=O) groups excluding carboxylic acids is 1. The van der Waals surface area contributed by atoms with Crippen LogP contribution in [-0.4, -0.2) is 16.5 Å². The second-order valence-corrected chi connectivity index (χ2v) is 6.01. The number of hydrogen-bond acceptors (Lipinski definition) is 4. The lowest BCUT2D eigenvalue weighted by Crippen LogP contribution is -2.27. The van der Waals surface area contributed by atoms with Crippen LogP contribution in [0.5, 0.6) is 0 Å². The molecule has 3 N–H and O–H groups in total. The van der Waals surface area contributed by atoms with Crippen molar-refractivity contribution in [1.82, 2.24) is 0 Å². The van der Waals surface area contributed by atoms with Crippen LogP contribution in [0.3, 0.4) is 0 Å². The molecule has 4 nitrogen and oxygen atoms in total. The van der Waals surface area contributed by atoms with Crippen molar-refractivity contribution in [2.75, 3.05) is 5.06 Å². The van der Waals surface area contributed by atoms with E-state index in [-0.39, 0.29) is 11.2 Å². The Bertz CT molecular complexity index is 691. The van der Waals surface area contributed by atoms with Crippen molar-refractivity contribution in [2.24, 2.45) is 5.73 Å². The quantitative estimate of drug-likeness (QED) is 0.915. The molecule has 0 aliphatic carbocycles. The van der Waals surface area contributed by atoms with E-state index in [1.165, 1.54) is 23.9 Å². The Morgan fingerprint density at radius 1 is 1.29 bits per heavy atom. The smallest absolute Gasteiger partial charge is 0.248 e. The molecule has 6 heteroatoms. The normalized spacial score (nSPS) is 16.9. The van der Waals surface area contributed by atoms with E-state index in [4.69, 9.17) is 5.73 Å². The fraction of sp³-hybridized carbons (Fsp3) is 0.133. The zero-order valence-corrected chi connectivity index (χ0v) is 11.8. The van der Waals surface area contributed by atoms with Crippen molar-refractivity contribution in [1.29, 1.82) is 0 Å². The van der Waals surface area contributed by atoms with Gasteiger partial charge in [-0.15, -0.1) is 0 Å². The van der Waals surface area contributed by atoms with Crippen molar-refractivity contribution in [3.8, 4) is 0 Å². The minimum atomic E-state index is -0.529. The molecule has 1 amide bonds. The summed E-state index contributed by atoms with van der Waals surface area (Å²) in [5.41, 5.74) is 7.10. The zero-order valence-electron chi connectivity index (χ0n) is 11.0. The van der Waals surface area contributed by atoms with Crippen molar-refractivity contribution >= 4 is 23.4 Å². The van der Waals surface area contributed by atoms with Crippen LogP contribution in [0, 0.1) is 5.82 Å². The second kappa shape index (κ2) is 5.38. The van der Waals surface area contributed by atoms with Gasteiger partial charge in [0.15, 0.2) is 0 Å². The van der Waals surface area contributed by atoms with Gasteiger partial charge in [-0.05, 0) is 35.9 Å². The molecule has 2 aromatic rings. The highest BCUT2D eigenvalue weighted by atomic mass is 32.2. The number of benzene rings is 2. The summed E-state index contributed by atoms with van der Waals surface area (Å²) >= 11 is 1.49. The van der Waals surface area contributed by atoms with E-state index in [1.807, 2.05) is 0 Å². The van der Waals surface area contributed by atoms with Gasteiger partial charge < -0.3 is 5.73 Å². The minimum absolute atomic E-state index is 0.214. The van der Waals surface area contributed by atoms with E-state index in [0.29, 0.717) is 17.7 Å². The Morgan fingerprint density at radius 2 is 2.00 bits per heavy atom. The summed E-state index contributed by atoms with van der Waals surface area (Å²) in [6.45, 7) is 0. The van der Waals surface area contributed by atoms with Gasteiger partial charge in [0.1, 0.15) is 11.2 Å². The molecule has 0 saturated heterocycles. The number of thioether (sulfide) groups is 1. The number of carbonyl (C=O) groups is 1. The molecule has 108 valence electrons. The first-order chi connectivity index (χ1) is 10.0. The predicted octanol–water partition coefficient (Wildman–Crippen LogP) is 2.79. The van der Waals surface area contributed by atoms with Gasteiger partial charge in [-0.3, -0.25) is 10.0 Å². The van der Waals surface area contributed by atoms with Crippen LogP contribution < -0.4 is 10.8 Å². The highest BCUT2D eigenvalue weighted by molar-refractivity contribution is 8.00. The van der Waals surface area contributed by atoms with Gasteiger partial charge >= 0.3 is 0 Å². The lowest BCUT2D eigenvalue weighted by molar-refractivity contribution is 0.1000. The van der Waals surface area contributed by atoms with E-state index in [2.05, 4.69) is 0 Å². The summed E-state index contributed by atoms with van der Waals surface area (Å²) in [5.74, 6) is -0.814. The average molecular weight is 304 g/mol. The van der Waals surface area contributed by atoms with Gasteiger partial charge in [-0.2, -0.15) is 0 Å². The maximum atomic E-state index is 12.9. The maximum absolute atomic E-state index is 12.9. The molecule has 0 spiro atoms. The Balaban J connectivity index is 1.81. The molecule has 21 heavy (non-hydrogen) atoms. The van der Waals surface area contributed by atoms with Gasteiger partial charge in [0.05, 0.1) is 5.69 Å². The third-order valence-electron chi connectivity index (χ3n) is 3.35. The Morgan fingerprint density at radius 3 is 2.67 bits per heavy atom. The molecule has 1 aliphatic heterocycles. The van der Waals surface area contributed by atoms with Crippen molar-refractivity contribution in [2.45, 2.75) is 16.7 Å². The average Bonchev–Trinajstić information content (AvgIpc) is 2.77. The molecule has 0 bridgehead atoms. The highest BCUT2D eigenvalue weighted by Gasteiger charge is 2.30. The molecule has 1 aliphatic rings. The molecular weight excluding hydrogens is 291 g/mol. The second-order valence-electron chi connectivity index (χ2n) is 4.79. The Labute approximate surface area is 125 Å².